The van der Waals surface area contributed by atoms with Gasteiger partial charge in [-0.05, 0) is 31.9 Å². The van der Waals surface area contributed by atoms with Crippen molar-refractivity contribution in [3.05, 3.63) is 82.4 Å². The molecule has 2 aromatic carbocycles. The Balaban J connectivity index is 1.60. The molecule has 4 rings (SSSR count). The Morgan fingerprint density at radius 1 is 1.00 bits per heavy atom. The number of rotatable bonds is 3. The summed E-state index contributed by atoms with van der Waals surface area (Å²) in [5.74, 6) is 1.58. The second-order valence-electron chi connectivity index (χ2n) is 7.43. The molecule has 1 aliphatic rings. The van der Waals surface area contributed by atoms with E-state index in [2.05, 4.69) is 65.6 Å². The molecule has 0 aliphatic carbocycles. The number of nitrogens with zero attached hydrogens (tertiary/aromatic N) is 4. The predicted molar refractivity (Wildman–Crippen MR) is 108 cm³/mol. The molecule has 1 N–H and O–H groups in total. The number of hydrogen-bond donors (Lipinski definition) is 1. The van der Waals surface area contributed by atoms with Gasteiger partial charge < -0.3 is 10.2 Å². The molecule has 28 heavy (non-hydrogen) atoms. The van der Waals surface area contributed by atoms with E-state index in [1.807, 2.05) is 28.6 Å². The number of carbonyl (C=O) groups is 1. The molecule has 0 saturated heterocycles. The second-order valence-corrected chi connectivity index (χ2v) is 7.43. The minimum Gasteiger partial charge on any atom is -0.327 e. The standard InChI is InChI=1S/C22H25N5O/c1-15-6-4-8-18(12-15)21(19-9-5-7-16(2)13-19)24-22(28)26-10-11-27-20(14-26)23-17(3)25-27/h4-9,12-13,21H,10-11,14H2,1-3H3,(H,24,28). The van der Waals surface area contributed by atoms with Crippen LogP contribution in [0.2, 0.25) is 0 Å². The maximum absolute atomic E-state index is 13.1. The first-order valence-corrected chi connectivity index (χ1v) is 9.58. The Morgan fingerprint density at radius 2 is 1.64 bits per heavy atom. The third-order valence-corrected chi connectivity index (χ3v) is 5.07. The summed E-state index contributed by atoms with van der Waals surface area (Å²) >= 11 is 0. The van der Waals surface area contributed by atoms with Gasteiger partial charge in [-0.2, -0.15) is 5.10 Å². The Bertz CT molecular complexity index is 964. The van der Waals surface area contributed by atoms with E-state index in [0.717, 1.165) is 22.8 Å². The van der Waals surface area contributed by atoms with Crippen molar-refractivity contribution in [1.29, 1.82) is 0 Å². The fourth-order valence-electron chi connectivity index (χ4n) is 3.71. The van der Waals surface area contributed by atoms with E-state index in [-0.39, 0.29) is 12.1 Å². The van der Waals surface area contributed by atoms with E-state index >= 15 is 0 Å². The van der Waals surface area contributed by atoms with E-state index in [4.69, 9.17) is 0 Å². The van der Waals surface area contributed by atoms with E-state index in [1.165, 1.54) is 11.1 Å². The van der Waals surface area contributed by atoms with Gasteiger partial charge in [-0.1, -0.05) is 59.7 Å². The van der Waals surface area contributed by atoms with Gasteiger partial charge >= 0.3 is 6.03 Å². The monoisotopic (exact) mass is 375 g/mol. The van der Waals surface area contributed by atoms with Crippen molar-refractivity contribution in [2.24, 2.45) is 0 Å². The predicted octanol–water partition coefficient (Wildman–Crippen LogP) is 3.52. The summed E-state index contributed by atoms with van der Waals surface area (Å²) in [4.78, 5) is 19.3. The normalized spacial score (nSPS) is 13.5. The molecule has 1 aliphatic heterocycles. The van der Waals surface area contributed by atoms with Crippen LogP contribution in [0.5, 0.6) is 0 Å². The highest BCUT2D eigenvalue weighted by Crippen LogP contribution is 2.24. The number of fused-ring (bicyclic) bond motifs is 1. The van der Waals surface area contributed by atoms with Crippen LogP contribution in [0, 0.1) is 20.8 Å². The summed E-state index contributed by atoms with van der Waals surface area (Å²) in [5.41, 5.74) is 4.50. The first-order chi connectivity index (χ1) is 13.5. The van der Waals surface area contributed by atoms with Crippen molar-refractivity contribution in [2.45, 2.75) is 39.9 Å². The maximum Gasteiger partial charge on any atom is 0.318 e. The molecular formula is C22H25N5O. The molecule has 1 aromatic heterocycles. The Hall–Kier alpha value is -3.15. The van der Waals surface area contributed by atoms with Gasteiger partial charge in [0.05, 0.1) is 19.1 Å². The summed E-state index contributed by atoms with van der Waals surface area (Å²) in [6.45, 7) is 7.78. The van der Waals surface area contributed by atoms with Gasteiger partial charge in [-0.15, -0.1) is 0 Å². The molecule has 6 heteroatoms. The molecular weight excluding hydrogens is 350 g/mol. The average Bonchev–Trinajstić information content (AvgIpc) is 3.05. The second kappa shape index (κ2) is 7.46. The summed E-state index contributed by atoms with van der Waals surface area (Å²) in [6, 6.07) is 16.3. The van der Waals surface area contributed by atoms with Gasteiger partial charge in [-0.3, -0.25) is 0 Å². The van der Waals surface area contributed by atoms with E-state index in [9.17, 15) is 4.79 Å². The zero-order valence-corrected chi connectivity index (χ0v) is 16.5. The number of aryl methyl sites for hydroxylation is 3. The minimum atomic E-state index is -0.200. The van der Waals surface area contributed by atoms with E-state index in [1.54, 1.807) is 0 Å². The van der Waals surface area contributed by atoms with Crippen molar-refractivity contribution in [2.75, 3.05) is 6.54 Å². The largest absolute Gasteiger partial charge is 0.327 e. The van der Waals surface area contributed by atoms with Crippen LogP contribution >= 0.6 is 0 Å². The van der Waals surface area contributed by atoms with Gasteiger partial charge in [0.25, 0.3) is 0 Å². The summed E-state index contributed by atoms with van der Waals surface area (Å²) < 4.78 is 1.89. The number of amides is 2. The first-order valence-electron chi connectivity index (χ1n) is 9.58. The van der Waals surface area contributed by atoms with E-state index in [0.29, 0.717) is 19.6 Å². The molecule has 0 fully saturated rings. The van der Waals surface area contributed by atoms with Crippen LogP contribution in [0.3, 0.4) is 0 Å². The molecule has 0 saturated carbocycles. The van der Waals surface area contributed by atoms with Gasteiger partial charge in [0.1, 0.15) is 11.6 Å². The van der Waals surface area contributed by atoms with Crippen LogP contribution in [-0.4, -0.2) is 32.2 Å². The van der Waals surface area contributed by atoms with Gasteiger partial charge in [0.15, 0.2) is 0 Å². The Morgan fingerprint density at radius 3 is 2.25 bits per heavy atom. The molecule has 144 valence electrons. The van der Waals surface area contributed by atoms with Gasteiger partial charge in [0, 0.05) is 6.54 Å². The van der Waals surface area contributed by atoms with Crippen LogP contribution in [0.25, 0.3) is 0 Å². The van der Waals surface area contributed by atoms with Crippen molar-refractivity contribution >= 4 is 6.03 Å². The lowest BCUT2D eigenvalue weighted by Crippen LogP contribution is -2.45. The quantitative estimate of drug-likeness (QED) is 0.762. The maximum atomic E-state index is 13.1. The lowest BCUT2D eigenvalue weighted by atomic mass is 9.96. The smallest absolute Gasteiger partial charge is 0.318 e. The van der Waals surface area contributed by atoms with Crippen molar-refractivity contribution in [3.8, 4) is 0 Å². The lowest BCUT2D eigenvalue weighted by molar-refractivity contribution is 0.177. The molecule has 6 nitrogen and oxygen atoms in total. The zero-order valence-electron chi connectivity index (χ0n) is 16.5. The summed E-state index contributed by atoms with van der Waals surface area (Å²) in [7, 11) is 0. The average molecular weight is 375 g/mol. The molecule has 3 aromatic rings. The van der Waals surface area contributed by atoms with Gasteiger partial charge in [0.2, 0.25) is 0 Å². The molecule has 0 spiro atoms. The number of carbonyl (C=O) groups excluding carboxylic acids is 1. The van der Waals surface area contributed by atoms with E-state index < -0.39 is 0 Å². The molecule has 0 bridgehead atoms. The number of hydrogen-bond acceptors (Lipinski definition) is 3. The lowest BCUT2D eigenvalue weighted by Gasteiger charge is -2.29. The molecule has 0 radical (unpaired) electrons. The fourth-order valence-corrected chi connectivity index (χ4v) is 3.71. The first kappa shape index (κ1) is 18.2. The third-order valence-electron chi connectivity index (χ3n) is 5.07. The van der Waals surface area contributed by atoms with Crippen molar-refractivity contribution < 1.29 is 4.79 Å². The minimum absolute atomic E-state index is 0.0834. The highest BCUT2D eigenvalue weighted by Gasteiger charge is 2.26. The van der Waals surface area contributed by atoms with Crippen molar-refractivity contribution in [3.63, 3.8) is 0 Å². The highest BCUT2D eigenvalue weighted by molar-refractivity contribution is 5.75. The summed E-state index contributed by atoms with van der Waals surface area (Å²) in [6.07, 6.45) is 0. The Labute approximate surface area is 165 Å². The van der Waals surface area contributed by atoms with Crippen LogP contribution in [0.15, 0.2) is 48.5 Å². The molecule has 0 atom stereocenters. The number of aromatic nitrogens is 3. The fraction of sp³-hybridized carbons (Fsp3) is 0.318. The third kappa shape index (κ3) is 3.76. The van der Waals surface area contributed by atoms with Gasteiger partial charge in [-0.25, -0.2) is 14.5 Å². The SMILES string of the molecule is Cc1cccc(C(NC(=O)N2CCn3nc(C)nc3C2)c2cccc(C)c2)c1. The summed E-state index contributed by atoms with van der Waals surface area (Å²) in [5, 5.41) is 7.61. The van der Waals surface area contributed by atoms with Crippen LogP contribution in [-0.2, 0) is 13.1 Å². The number of urea groups is 1. The number of benzene rings is 2. The molecule has 2 amide bonds. The number of nitrogens with one attached hydrogen (secondary N) is 1. The zero-order chi connectivity index (χ0) is 19.7. The van der Waals surface area contributed by atoms with Crippen LogP contribution in [0.4, 0.5) is 4.79 Å². The van der Waals surface area contributed by atoms with Crippen molar-refractivity contribution in [1.82, 2.24) is 25.0 Å². The Kier molecular flexibility index (Phi) is 4.86. The molecule has 2 heterocycles. The van der Waals surface area contributed by atoms with Crippen LogP contribution in [0.1, 0.15) is 39.9 Å². The topological polar surface area (TPSA) is 63.1 Å². The highest BCUT2D eigenvalue weighted by atomic mass is 16.2. The van der Waals surface area contributed by atoms with Crippen LogP contribution < -0.4 is 5.32 Å². The molecule has 0 unspecified atom stereocenters.